The molecule has 0 unspecified atom stereocenters. The van der Waals surface area contributed by atoms with Crippen molar-refractivity contribution in [2.75, 3.05) is 19.4 Å². The highest BCUT2D eigenvalue weighted by molar-refractivity contribution is 7.80. The SMILES string of the molecule is CN(C)C(=O)N[C@@H](NC(=S)Nc1cccc2ccccc12)C(Cl)(Cl)Cl. The van der Waals surface area contributed by atoms with Gasteiger partial charge in [-0.25, -0.2) is 4.79 Å². The standard InChI is InChI=1S/C16H17Cl3N4OS/c1-23(2)15(24)22-13(16(17,18)19)21-14(25)20-12-9-5-7-10-6-3-4-8-11(10)12/h3-9,13H,1-2H3,(H,22,24)(H2,20,21,25)/t13-/m1/s1. The van der Waals surface area contributed by atoms with Crippen LogP contribution >= 0.6 is 47.0 Å². The van der Waals surface area contributed by atoms with Crippen molar-refractivity contribution in [3.05, 3.63) is 42.5 Å². The number of halogens is 3. The zero-order valence-corrected chi connectivity index (χ0v) is 16.6. The molecule has 5 nitrogen and oxygen atoms in total. The first kappa shape index (κ1) is 19.8. The molecule has 0 aromatic heterocycles. The quantitative estimate of drug-likeness (QED) is 0.398. The lowest BCUT2D eigenvalue weighted by molar-refractivity contribution is 0.212. The molecule has 0 radical (unpaired) electrons. The van der Waals surface area contributed by atoms with E-state index >= 15 is 0 Å². The molecule has 2 rings (SSSR count). The van der Waals surface area contributed by atoms with E-state index in [-0.39, 0.29) is 5.11 Å². The predicted molar refractivity (Wildman–Crippen MR) is 110 cm³/mol. The van der Waals surface area contributed by atoms with Crippen molar-refractivity contribution in [3.63, 3.8) is 0 Å². The third-order valence-corrected chi connectivity index (χ3v) is 4.19. The highest BCUT2D eigenvalue weighted by atomic mass is 35.6. The van der Waals surface area contributed by atoms with Gasteiger partial charge in [-0.1, -0.05) is 71.2 Å². The van der Waals surface area contributed by atoms with Crippen LogP contribution in [0.2, 0.25) is 0 Å². The number of carbonyl (C=O) groups is 1. The number of urea groups is 1. The van der Waals surface area contributed by atoms with E-state index in [2.05, 4.69) is 16.0 Å². The summed E-state index contributed by atoms with van der Waals surface area (Å²) in [5, 5.41) is 10.7. The molecule has 2 amide bonds. The average Bonchev–Trinajstić information content (AvgIpc) is 2.53. The van der Waals surface area contributed by atoms with E-state index in [9.17, 15) is 4.79 Å². The number of rotatable bonds is 3. The Morgan fingerprint density at radius 2 is 1.72 bits per heavy atom. The van der Waals surface area contributed by atoms with Gasteiger partial charge in [-0.05, 0) is 23.7 Å². The Balaban J connectivity index is 2.14. The lowest BCUT2D eigenvalue weighted by Crippen LogP contribution is -2.57. The van der Waals surface area contributed by atoms with Crippen molar-refractivity contribution in [1.82, 2.24) is 15.5 Å². The van der Waals surface area contributed by atoms with E-state index in [1.54, 1.807) is 14.1 Å². The number of amides is 2. The topological polar surface area (TPSA) is 56.4 Å². The molecule has 0 aliphatic carbocycles. The second kappa shape index (κ2) is 8.27. The molecule has 134 valence electrons. The number of nitrogens with one attached hydrogen (secondary N) is 3. The third kappa shape index (κ3) is 5.51. The number of hydrogen-bond acceptors (Lipinski definition) is 2. The Hall–Kier alpha value is -1.47. The molecule has 0 heterocycles. The number of anilines is 1. The van der Waals surface area contributed by atoms with Crippen molar-refractivity contribution in [2.24, 2.45) is 0 Å². The maximum Gasteiger partial charge on any atom is 0.318 e. The molecule has 0 aliphatic rings. The molecular weight excluding hydrogens is 403 g/mol. The Morgan fingerprint density at radius 3 is 2.36 bits per heavy atom. The molecule has 3 N–H and O–H groups in total. The minimum atomic E-state index is -1.80. The van der Waals surface area contributed by atoms with Crippen LogP contribution in [0, 0.1) is 0 Å². The molecule has 0 saturated heterocycles. The van der Waals surface area contributed by atoms with Gasteiger partial charge in [0.15, 0.2) is 11.3 Å². The second-order valence-electron chi connectivity index (χ2n) is 5.44. The molecular formula is C16H17Cl3N4OS. The van der Waals surface area contributed by atoms with Crippen molar-refractivity contribution < 1.29 is 4.79 Å². The minimum absolute atomic E-state index is 0.215. The predicted octanol–water partition coefficient (Wildman–Crippen LogP) is 4.09. The number of alkyl halides is 3. The van der Waals surface area contributed by atoms with Gasteiger partial charge in [0, 0.05) is 25.2 Å². The summed E-state index contributed by atoms with van der Waals surface area (Å²) in [6.07, 6.45) is -1.01. The van der Waals surface area contributed by atoms with E-state index in [1.165, 1.54) is 4.90 Å². The number of nitrogens with zero attached hydrogens (tertiary/aromatic N) is 1. The monoisotopic (exact) mass is 418 g/mol. The number of hydrogen-bond donors (Lipinski definition) is 3. The summed E-state index contributed by atoms with van der Waals surface area (Å²) in [5.74, 6) is 0. The molecule has 0 saturated carbocycles. The fourth-order valence-electron chi connectivity index (χ4n) is 2.08. The molecule has 0 fully saturated rings. The molecule has 9 heteroatoms. The summed E-state index contributed by atoms with van der Waals surface area (Å²) in [6.45, 7) is 0. The largest absolute Gasteiger partial charge is 0.339 e. The van der Waals surface area contributed by atoms with Crippen LogP contribution < -0.4 is 16.0 Å². The second-order valence-corrected chi connectivity index (χ2v) is 8.22. The van der Waals surface area contributed by atoms with Crippen molar-refractivity contribution >= 4 is 74.6 Å². The fraction of sp³-hybridized carbons (Fsp3) is 0.250. The van der Waals surface area contributed by atoms with Crippen LogP contribution in [0.15, 0.2) is 42.5 Å². The summed E-state index contributed by atoms with van der Waals surface area (Å²) in [6, 6.07) is 13.2. The minimum Gasteiger partial charge on any atom is -0.339 e. The third-order valence-electron chi connectivity index (χ3n) is 3.31. The van der Waals surface area contributed by atoms with E-state index in [0.717, 1.165) is 16.5 Å². The highest BCUT2D eigenvalue weighted by Gasteiger charge is 2.35. The van der Waals surface area contributed by atoms with E-state index in [1.807, 2.05) is 42.5 Å². The molecule has 2 aromatic carbocycles. The van der Waals surface area contributed by atoms with Gasteiger partial charge in [0.2, 0.25) is 3.79 Å². The van der Waals surface area contributed by atoms with Crippen molar-refractivity contribution in [2.45, 2.75) is 9.96 Å². The summed E-state index contributed by atoms with van der Waals surface area (Å²) < 4.78 is -1.80. The van der Waals surface area contributed by atoms with Gasteiger partial charge < -0.3 is 20.9 Å². The molecule has 0 aliphatic heterocycles. The van der Waals surface area contributed by atoms with Crippen LogP contribution in [0.25, 0.3) is 10.8 Å². The first-order valence-electron chi connectivity index (χ1n) is 7.28. The fourth-order valence-corrected chi connectivity index (χ4v) is 2.63. The zero-order valence-electron chi connectivity index (χ0n) is 13.5. The molecule has 2 aromatic rings. The van der Waals surface area contributed by atoms with Gasteiger partial charge in [-0.15, -0.1) is 0 Å². The maximum absolute atomic E-state index is 11.8. The molecule has 1 atom stereocenters. The first-order chi connectivity index (χ1) is 11.7. The van der Waals surface area contributed by atoms with Gasteiger partial charge >= 0.3 is 6.03 Å². The normalized spacial score (nSPS) is 12.4. The van der Waals surface area contributed by atoms with E-state index < -0.39 is 16.0 Å². The van der Waals surface area contributed by atoms with Crippen LogP contribution in [0.5, 0.6) is 0 Å². The summed E-state index contributed by atoms with van der Waals surface area (Å²) in [5.41, 5.74) is 0.803. The lowest BCUT2D eigenvalue weighted by atomic mass is 10.1. The van der Waals surface area contributed by atoms with Gasteiger partial charge in [-0.2, -0.15) is 0 Å². The van der Waals surface area contributed by atoms with Crippen LogP contribution in [-0.2, 0) is 0 Å². The van der Waals surface area contributed by atoms with Gasteiger partial charge in [-0.3, -0.25) is 0 Å². The van der Waals surface area contributed by atoms with Gasteiger partial charge in [0.1, 0.15) is 0 Å². The summed E-state index contributed by atoms with van der Waals surface area (Å²) in [4.78, 5) is 13.2. The Bertz CT molecular complexity index is 774. The van der Waals surface area contributed by atoms with Gasteiger partial charge in [0.25, 0.3) is 0 Å². The molecule has 0 bridgehead atoms. The maximum atomic E-state index is 11.8. The first-order valence-corrected chi connectivity index (χ1v) is 8.82. The van der Waals surface area contributed by atoms with Crippen LogP contribution in [-0.4, -0.2) is 40.1 Å². The lowest BCUT2D eigenvalue weighted by Gasteiger charge is -2.29. The van der Waals surface area contributed by atoms with Crippen molar-refractivity contribution in [1.29, 1.82) is 0 Å². The van der Waals surface area contributed by atoms with E-state index in [4.69, 9.17) is 47.0 Å². The number of thiocarbonyl (C=S) groups is 1. The Morgan fingerprint density at radius 1 is 1.08 bits per heavy atom. The van der Waals surface area contributed by atoms with Crippen LogP contribution in [0.3, 0.4) is 0 Å². The van der Waals surface area contributed by atoms with E-state index in [0.29, 0.717) is 0 Å². The van der Waals surface area contributed by atoms with Crippen molar-refractivity contribution in [3.8, 4) is 0 Å². The molecule has 25 heavy (non-hydrogen) atoms. The number of benzene rings is 2. The highest BCUT2D eigenvalue weighted by Crippen LogP contribution is 2.29. The Kier molecular flexibility index (Phi) is 6.57. The summed E-state index contributed by atoms with van der Waals surface area (Å²) in [7, 11) is 3.16. The van der Waals surface area contributed by atoms with Crippen LogP contribution in [0.1, 0.15) is 0 Å². The number of carbonyl (C=O) groups excluding carboxylic acids is 1. The number of fused-ring (bicyclic) bond motifs is 1. The van der Waals surface area contributed by atoms with Gasteiger partial charge in [0.05, 0.1) is 0 Å². The average molecular weight is 420 g/mol. The Labute approximate surface area is 166 Å². The smallest absolute Gasteiger partial charge is 0.318 e. The zero-order chi connectivity index (χ0) is 18.6. The van der Waals surface area contributed by atoms with Crippen LogP contribution in [0.4, 0.5) is 10.5 Å². The summed E-state index contributed by atoms with van der Waals surface area (Å²) >= 11 is 23.1. The molecule has 0 spiro atoms.